The molecule has 1 aliphatic rings. The van der Waals surface area contributed by atoms with Gasteiger partial charge in [-0.2, -0.15) is 0 Å². The Morgan fingerprint density at radius 1 is 0.947 bits per heavy atom. The number of nitrogens with zero attached hydrogens (tertiary/aromatic N) is 2. The van der Waals surface area contributed by atoms with E-state index in [-0.39, 0.29) is 29.4 Å². The van der Waals surface area contributed by atoms with E-state index in [0.717, 1.165) is 28.8 Å². The molecule has 0 radical (unpaired) electrons. The van der Waals surface area contributed by atoms with E-state index in [0.29, 0.717) is 28.1 Å². The van der Waals surface area contributed by atoms with E-state index in [1.165, 1.54) is 25.2 Å². The van der Waals surface area contributed by atoms with Gasteiger partial charge in [-0.15, -0.1) is 0 Å². The van der Waals surface area contributed by atoms with E-state index in [4.69, 9.17) is 0 Å². The number of carbonyl (C=O) groups is 2. The Labute approximate surface area is 217 Å². The van der Waals surface area contributed by atoms with Gasteiger partial charge < -0.3 is 15.6 Å². The van der Waals surface area contributed by atoms with Gasteiger partial charge in [0.25, 0.3) is 5.91 Å². The van der Waals surface area contributed by atoms with Crippen LogP contribution in [0, 0.1) is 24.4 Å². The molecular weight excluding hydrogens is 495 g/mol. The average Bonchev–Trinajstić information content (AvgIpc) is 3.52. The first kappa shape index (κ1) is 26.5. The summed E-state index contributed by atoms with van der Waals surface area (Å²) < 4.78 is 41.9. The zero-order chi connectivity index (χ0) is 27.6. The molecule has 0 unspecified atom stereocenters. The Morgan fingerprint density at radius 2 is 1.66 bits per heavy atom. The number of aromatic nitrogens is 2. The molecule has 1 aliphatic heterocycles. The number of anilines is 2. The lowest BCUT2D eigenvalue weighted by Gasteiger charge is -2.19. The lowest BCUT2D eigenvalue weighted by Crippen LogP contribution is -2.31. The standard InChI is InChI=1S/C26H20F3N5O2.C2H6/c1-13-11-30-24(32-13)18-7-6-16(19-12-31-25(35)23(18)19)17-5-3-14(9-21(17)28)33-26(36)34(2)15-4-8-20(27)22(29)10-15;1-2/h3-11H,12H2,1-2H3,(H,30,32)(H,31,35)(H,33,36);1-2H3. The third-order valence-corrected chi connectivity index (χ3v) is 6.03. The highest BCUT2D eigenvalue weighted by Crippen LogP contribution is 2.37. The third kappa shape index (κ3) is 4.97. The number of rotatable bonds is 4. The minimum atomic E-state index is -1.09. The lowest BCUT2D eigenvalue weighted by molar-refractivity contribution is 0.0966. The maximum Gasteiger partial charge on any atom is 0.326 e. The topological polar surface area (TPSA) is 90.1 Å². The van der Waals surface area contributed by atoms with Gasteiger partial charge in [-0.3, -0.25) is 9.69 Å². The molecule has 0 spiro atoms. The first-order valence-electron chi connectivity index (χ1n) is 12.0. The molecule has 38 heavy (non-hydrogen) atoms. The number of fused-ring (bicyclic) bond motifs is 1. The molecule has 7 nitrogen and oxygen atoms in total. The molecule has 0 saturated carbocycles. The number of benzene rings is 3. The van der Waals surface area contributed by atoms with Crippen LogP contribution in [0.3, 0.4) is 0 Å². The van der Waals surface area contributed by atoms with Crippen molar-refractivity contribution in [2.24, 2.45) is 0 Å². The van der Waals surface area contributed by atoms with Crippen molar-refractivity contribution in [3.63, 3.8) is 0 Å². The number of carbonyl (C=O) groups excluding carboxylic acids is 2. The average molecular weight is 522 g/mol. The fraction of sp³-hybridized carbons (Fsp3) is 0.179. The van der Waals surface area contributed by atoms with Crippen LogP contribution in [-0.2, 0) is 6.54 Å². The third-order valence-electron chi connectivity index (χ3n) is 6.03. The quantitative estimate of drug-likeness (QED) is 0.290. The summed E-state index contributed by atoms with van der Waals surface area (Å²) in [6.45, 7) is 6.10. The van der Waals surface area contributed by atoms with Gasteiger partial charge in [0.1, 0.15) is 11.6 Å². The molecule has 3 N–H and O–H groups in total. The SMILES string of the molecule is CC.Cc1cnc(-c2ccc(-c3ccc(NC(=O)N(C)c4ccc(F)c(F)c4)cc3F)c3c2C(=O)NC3)[nH]1. The second-order valence-electron chi connectivity index (χ2n) is 8.39. The van der Waals surface area contributed by atoms with Gasteiger partial charge >= 0.3 is 6.03 Å². The van der Waals surface area contributed by atoms with E-state index < -0.39 is 23.5 Å². The molecule has 2 heterocycles. The van der Waals surface area contributed by atoms with Crippen LogP contribution in [0.5, 0.6) is 0 Å². The van der Waals surface area contributed by atoms with E-state index in [1.54, 1.807) is 18.3 Å². The van der Waals surface area contributed by atoms with Gasteiger partial charge in [-0.1, -0.05) is 19.9 Å². The molecule has 0 aliphatic carbocycles. The minimum Gasteiger partial charge on any atom is -0.348 e. The van der Waals surface area contributed by atoms with Crippen LogP contribution in [0.1, 0.15) is 35.5 Å². The normalized spacial score (nSPS) is 11.8. The number of aryl methyl sites for hydroxylation is 1. The number of halogens is 3. The molecule has 0 fully saturated rings. The molecule has 10 heteroatoms. The van der Waals surface area contributed by atoms with Crippen molar-refractivity contribution in [1.82, 2.24) is 15.3 Å². The van der Waals surface area contributed by atoms with Crippen LogP contribution in [-0.4, -0.2) is 29.0 Å². The second kappa shape index (κ2) is 10.8. The van der Waals surface area contributed by atoms with Crippen LogP contribution in [0.25, 0.3) is 22.5 Å². The summed E-state index contributed by atoms with van der Waals surface area (Å²) in [7, 11) is 1.38. The van der Waals surface area contributed by atoms with Crippen LogP contribution < -0.4 is 15.5 Å². The number of hydrogen-bond donors (Lipinski definition) is 3. The van der Waals surface area contributed by atoms with Crippen LogP contribution in [0.4, 0.5) is 29.3 Å². The highest BCUT2D eigenvalue weighted by atomic mass is 19.2. The molecule has 0 bridgehead atoms. The zero-order valence-electron chi connectivity index (χ0n) is 21.2. The van der Waals surface area contributed by atoms with Crippen molar-refractivity contribution in [3.8, 4) is 22.5 Å². The number of urea groups is 1. The molecule has 0 atom stereocenters. The summed E-state index contributed by atoms with van der Waals surface area (Å²) in [5.74, 6) is -2.43. The molecule has 4 aromatic rings. The number of aromatic amines is 1. The number of H-pyrrole nitrogens is 1. The van der Waals surface area contributed by atoms with Crippen molar-refractivity contribution in [2.45, 2.75) is 27.3 Å². The lowest BCUT2D eigenvalue weighted by atomic mass is 9.92. The summed E-state index contributed by atoms with van der Waals surface area (Å²) in [5.41, 5.74) is 3.67. The number of amides is 3. The Kier molecular flexibility index (Phi) is 7.52. The van der Waals surface area contributed by atoms with Gasteiger partial charge in [0, 0.05) is 54.1 Å². The summed E-state index contributed by atoms with van der Waals surface area (Å²) >= 11 is 0. The first-order valence-corrected chi connectivity index (χ1v) is 12.0. The van der Waals surface area contributed by atoms with Crippen molar-refractivity contribution in [3.05, 3.63) is 89.0 Å². The number of hydrogen-bond acceptors (Lipinski definition) is 3. The van der Waals surface area contributed by atoms with Crippen LogP contribution in [0.15, 0.2) is 54.7 Å². The van der Waals surface area contributed by atoms with E-state index in [2.05, 4.69) is 20.6 Å². The van der Waals surface area contributed by atoms with E-state index in [9.17, 15) is 18.4 Å². The van der Waals surface area contributed by atoms with Crippen LogP contribution in [0.2, 0.25) is 0 Å². The Morgan fingerprint density at radius 3 is 2.32 bits per heavy atom. The van der Waals surface area contributed by atoms with Crippen molar-refractivity contribution < 1.29 is 22.8 Å². The van der Waals surface area contributed by atoms with Crippen molar-refractivity contribution in [2.75, 3.05) is 17.3 Å². The molecular formula is C28H26F3N5O2. The molecule has 0 saturated heterocycles. The van der Waals surface area contributed by atoms with Gasteiger partial charge in [0.15, 0.2) is 11.6 Å². The predicted octanol–water partition coefficient (Wildman–Crippen LogP) is 6.41. The smallest absolute Gasteiger partial charge is 0.326 e. The Balaban J connectivity index is 0.00000164. The number of imidazole rings is 1. The summed E-state index contributed by atoms with van der Waals surface area (Å²) in [4.78, 5) is 33.7. The number of nitrogens with one attached hydrogen (secondary N) is 3. The van der Waals surface area contributed by atoms with Crippen molar-refractivity contribution >= 4 is 23.3 Å². The first-order chi connectivity index (χ1) is 18.2. The summed E-state index contributed by atoms with van der Waals surface area (Å²) in [6.07, 6.45) is 1.67. The van der Waals surface area contributed by atoms with Gasteiger partial charge in [0.2, 0.25) is 0 Å². The minimum absolute atomic E-state index is 0.128. The summed E-state index contributed by atoms with van der Waals surface area (Å²) in [6, 6.07) is 10.1. The van der Waals surface area contributed by atoms with Crippen LogP contribution >= 0.6 is 0 Å². The predicted molar refractivity (Wildman–Crippen MR) is 140 cm³/mol. The van der Waals surface area contributed by atoms with Gasteiger partial charge in [-0.25, -0.2) is 22.9 Å². The highest BCUT2D eigenvalue weighted by Gasteiger charge is 2.28. The monoisotopic (exact) mass is 521 g/mol. The largest absolute Gasteiger partial charge is 0.348 e. The summed E-state index contributed by atoms with van der Waals surface area (Å²) in [5, 5.41) is 5.33. The fourth-order valence-electron chi connectivity index (χ4n) is 4.18. The van der Waals surface area contributed by atoms with E-state index >= 15 is 4.39 Å². The molecule has 5 rings (SSSR count). The van der Waals surface area contributed by atoms with Gasteiger partial charge in [0.05, 0.1) is 5.56 Å². The Hall–Kier alpha value is -4.60. The van der Waals surface area contributed by atoms with Crippen molar-refractivity contribution in [1.29, 1.82) is 0 Å². The molecule has 3 aromatic carbocycles. The molecule has 3 amide bonds. The Bertz CT molecular complexity index is 1530. The molecule has 1 aromatic heterocycles. The maximum atomic E-state index is 15.2. The highest BCUT2D eigenvalue weighted by molar-refractivity contribution is 6.06. The van der Waals surface area contributed by atoms with Gasteiger partial charge in [-0.05, 0) is 54.4 Å². The zero-order valence-corrected chi connectivity index (χ0v) is 21.2. The fourth-order valence-corrected chi connectivity index (χ4v) is 4.18. The molecule has 196 valence electrons. The second-order valence-corrected chi connectivity index (χ2v) is 8.39. The maximum absolute atomic E-state index is 15.2. The van der Waals surface area contributed by atoms with E-state index in [1.807, 2.05) is 20.8 Å².